The number of halogens is 4. The van der Waals surface area contributed by atoms with Crippen LogP contribution in [-0.2, 0) is 11.3 Å². The fourth-order valence-corrected chi connectivity index (χ4v) is 3.72. The summed E-state index contributed by atoms with van der Waals surface area (Å²) in [7, 11) is 3.22. The first-order valence-electron chi connectivity index (χ1n) is 11.4. The van der Waals surface area contributed by atoms with Crippen LogP contribution in [0.5, 0.6) is 5.75 Å². The Hall–Kier alpha value is -3.59. The largest absolute Gasteiger partial charge is 0.497 e. The van der Waals surface area contributed by atoms with Crippen molar-refractivity contribution in [3.8, 4) is 11.8 Å². The highest BCUT2D eigenvalue weighted by molar-refractivity contribution is 5.56. The molecule has 11 heteroatoms. The van der Waals surface area contributed by atoms with Gasteiger partial charge >= 0.3 is 6.18 Å². The summed E-state index contributed by atoms with van der Waals surface area (Å²) in [6.45, 7) is 1.95. The van der Waals surface area contributed by atoms with Gasteiger partial charge in [-0.25, -0.2) is 9.82 Å². The topological polar surface area (TPSA) is 95.6 Å². The molecule has 2 aromatic rings. The minimum Gasteiger partial charge on any atom is -0.497 e. The highest BCUT2D eigenvalue weighted by Crippen LogP contribution is 2.31. The van der Waals surface area contributed by atoms with Gasteiger partial charge in [-0.2, -0.15) is 18.4 Å². The van der Waals surface area contributed by atoms with Crippen LogP contribution >= 0.6 is 0 Å². The molecule has 0 amide bonds. The summed E-state index contributed by atoms with van der Waals surface area (Å²) < 4.78 is 65.1. The third-order valence-electron chi connectivity index (χ3n) is 5.80. The Bertz CT molecular complexity index is 1170. The lowest BCUT2D eigenvalue weighted by molar-refractivity contribution is -0.137. The van der Waals surface area contributed by atoms with Gasteiger partial charge < -0.3 is 25.5 Å². The number of nitriles is 1. The number of nitrogens with one attached hydrogen (secondary N) is 2. The van der Waals surface area contributed by atoms with E-state index in [1.807, 2.05) is 18.2 Å². The summed E-state index contributed by atoms with van der Waals surface area (Å²) in [6, 6.07) is 10.4. The molecule has 1 aliphatic rings. The molecule has 0 bridgehead atoms. The van der Waals surface area contributed by atoms with Crippen molar-refractivity contribution in [1.82, 2.24) is 10.4 Å². The summed E-state index contributed by atoms with van der Waals surface area (Å²) >= 11 is 0. The first-order valence-corrected chi connectivity index (χ1v) is 11.4. The lowest BCUT2D eigenvalue weighted by atomic mass is 10.1. The second kappa shape index (κ2) is 12.1. The SMILES string of the molecule is COc1ccc(COC(C)c2cc(F)ccc2N/C(=C\C(N)C(F)(F)F)CC2=CC(C#N)NN2C)cc1. The van der Waals surface area contributed by atoms with E-state index in [1.165, 1.54) is 18.2 Å². The third-order valence-corrected chi connectivity index (χ3v) is 5.80. The van der Waals surface area contributed by atoms with Gasteiger partial charge in [-0.15, -0.1) is 0 Å². The molecule has 0 saturated carbocycles. The number of hydrogen-bond acceptors (Lipinski definition) is 7. The van der Waals surface area contributed by atoms with Gasteiger partial charge in [-0.1, -0.05) is 12.1 Å². The molecule has 3 unspecified atom stereocenters. The molecule has 1 heterocycles. The lowest BCUT2D eigenvalue weighted by Crippen LogP contribution is -2.36. The van der Waals surface area contributed by atoms with E-state index in [0.29, 0.717) is 22.7 Å². The van der Waals surface area contributed by atoms with E-state index in [2.05, 4.69) is 10.7 Å². The predicted octanol–water partition coefficient (Wildman–Crippen LogP) is 4.91. The van der Waals surface area contributed by atoms with Gasteiger partial charge in [-0.3, -0.25) is 0 Å². The van der Waals surface area contributed by atoms with Crippen LogP contribution in [0.3, 0.4) is 0 Å². The Labute approximate surface area is 213 Å². The maximum absolute atomic E-state index is 14.2. The van der Waals surface area contributed by atoms with E-state index < -0.39 is 30.2 Å². The van der Waals surface area contributed by atoms with Gasteiger partial charge in [0.2, 0.25) is 0 Å². The number of ether oxygens (including phenoxy) is 2. The average Bonchev–Trinajstić information content (AvgIpc) is 3.22. The Morgan fingerprint density at radius 1 is 1.27 bits per heavy atom. The van der Waals surface area contributed by atoms with E-state index >= 15 is 0 Å². The minimum absolute atomic E-state index is 0.0172. The second-order valence-electron chi connectivity index (χ2n) is 8.55. The second-order valence-corrected chi connectivity index (χ2v) is 8.55. The van der Waals surface area contributed by atoms with Gasteiger partial charge in [0, 0.05) is 36.1 Å². The summed E-state index contributed by atoms with van der Waals surface area (Å²) in [5.74, 6) is 0.182. The highest BCUT2D eigenvalue weighted by atomic mass is 19.4. The standard InChI is InChI=1S/C26H29F4N5O2/c1-16(37-15-17-4-7-22(36-3)8-5-17)23-10-18(27)6-9-24(23)33-19(13-25(32)26(28,29)30)11-21-12-20(14-31)34-35(21)2/h4-10,12-13,16,20,25,33-34H,11,15,32H2,1-3H3/b19-13-. The van der Waals surface area contributed by atoms with Crippen molar-refractivity contribution in [3.63, 3.8) is 0 Å². The molecule has 7 nitrogen and oxygen atoms in total. The zero-order valence-electron chi connectivity index (χ0n) is 20.6. The van der Waals surface area contributed by atoms with E-state index in [0.717, 1.165) is 11.6 Å². The quantitative estimate of drug-likeness (QED) is 0.384. The van der Waals surface area contributed by atoms with Crippen LogP contribution in [0.4, 0.5) is 23.2 Å². The normalized spacial score (nSPS) is 17.7. The first-order chi connectivity index (χ1) is 17.5. The number of alkyl halides is 3. The number of rotatable bonds is 10. The summed E-state index contributed by atoms with van der Waals surface area (Å²) in [5.41, 5.74) is 10.6. The lowest BCUT2D eigenvalue weighted by Gasteiger charge is -2.23. The third kappa shape index (κ3) is 7.69. The predicted molar refractivity (Wildman–Crippen MR) is 131 cm³/mol. The maximum Gasteiger partial charge on any atom is 0.407 e. The number of nitrogens with zero attached hydrogens (tertiary/aromatic N) is 2. The highest BCUT2D eigenvalue weighted by Gasteiger charge is 2.35. The molecule has 4 N–H and O–H groups in total. The number of hydrazine groups is 1. The zero-order valence-corrected chi connectivity index (χ0v) is 20.6. The van der Waals surface area contributed by atoms with Crippen molar-refractivity contribution >= 4 is 5.69 Å². The average molecular weight is 520 g/mol. The van der Waals surface area contributed by atoms with Crippen LogP contribution in [0.2, 0.25) is 0 Å². The smallest absolute Gasteiger partial charge is 0.407 e. The number of hydrogen-bond donors (Lipinski definition) is 3. The summed E-state index contributed by atoms with van der Waals surface area (Å²) in [4.78, 5) is 0. The fraction of sp³-hybridized carbons (Fsp3) is 0.346. The Kier molecular flexibility index (Phi) is 9.15. The molecular formula is C26H29F4N5O2. The Balaban J connectivity index is 1.85. The minimum atomic E-state index is -4.66. The molecule has 3 rings (SSSR count). The number of nitrogens with two attached hydrogens (primary N) is 1. The Morgan fingerprint density at radius 3 is 2.57 bits per heavy atom. The molecule has 0 saturated heterocycles. The summed E-state index contributed by atoms with van der Waals surface area (Å²) in [6.07, 6.45) is -2.75. The zero-order chi connectivity index (χ0) is 27.2. The molecule has 3 atom stereocenters. The van der Waals surface area contributed by atoms with Crippen LogP contribution in [-0.4, -0.2) is 37.4 Å². The van der Waals surface area contributed by atoms with Gasteiger partial charge in [0.15, 0.2) is 0 Å². The molecule has 1 aliphatic heterocycles. The molecule has 0 radical (unpaired) electrons. The Morgan fingerprint density at radius 2 is 1.97 bits per heavy atom. The van der Waals surface area contributed by atoms with E-state index in [1.54, 1.807) is 44.3 Å². The number of benzene rings is 2. The van der Waals surface area contributed by atoms with Crippen molar-refractivity contribution in [2.24, 2.45) is 5.73 Å². The molecule has 0 aromatic heterocycles. The van der Waals surface area contributed by atoms with Crippen LogP contribution < -0.4 is 21.2 Å². The molecule has 198 valence electrons. The van der Waals surface area contributed by atoms with Gasteiger partial charge in [0.25, 0.3) is 0 Å². The molecule has 0 aliphatic carbocycles. The fourth-order valence-electron chi connectivity index (χ4n) is 3.72. The van der Waals surface area contributed by atoms with E-state index in [9.17, 15) is 17.6 Å². The molecule has 0 spiro atoms. The van der Waals surface area contributed by atoms with Crippen LogP contribution in [0.25, 0.3) is 0 Å². The van der Waals surface area contributed by atoms with Crippen molar-refractivity contribution in [1.29, 1.82) is 5.26 Å². The monoisotopic (exact) mass is 519 g/mol. The van der Waals surface area contributed by atoms with Gasteiger partial charge in [-0.05, 0) is 55.0 Å². The molecular weight excluding hydrogens is 490 g/mol. The first kappa shape index (κ1) is 28.0. The molecule has 2 aromatic carbocycles. The van der Waals surface area contributed by atoms with Crippen LogP contribution in [0, 0.1) is 17.1 Å². The number of methoxy groups -OCH3 is 1. The van der Waals surface area contributed by atoms with Crippen molar-refractivity contribution < 1.29 is 27.0 Å². The van der Waals surface area contributed by atoms with Crippen LogP contribution in [0.1, 0.15) is 30.6 Å². The van der Waals surface area contributed by atoms with Crippen LogP contribution in [0.15, 0.2) is 66.0 Å². The van der Waals surface area contributed by atoms with Gasteiger partial charge in [0.05, 0.1) is 25.9 Å². The molecule has 37 heavy (non-hydrogen) atoms. The molecule has 0 fully saturated rings. The number of anilines is 1. The van der Waals surface area contributed by atoms with Crippen molar-refractivity contribution in [2.45, 2.75) is 44.3 Å². The maximum atomic E-state index is 14.2. The van der Waals surface area contributed by atoms with E-state index in [-0.39, 0.29) is 18.7 Å². The van der Waals surface area contributed by atoms with Crippen molar-refractivity contribution in [3.05, 3.63) is 83.0 Å². The van der Waals surface area contributed by atoms with Crippen molar-refractivity contribution in [2.75, 3.05) is 19.5 Å². The summed E-state index contributed by atoms with van der Waals surface area (Å²) in [5, 5.41) is 13.7. The van der Waals surface area contributed by atoms with E-state index in [4.69, 9.17) is 20.5 Å². The van der Waals surface area contributed by atoms with Gasteiger partial charge in [0.1, 0.15) is 23.7 Å².